The quantitative estimate of drug-likeness (QED) is 0.697. The molecule has 0 radical (unpaired) electrons. The number of phenolic OH excluding ortho intramolecular Hbond substituents is 1. The molecule has 5 atom stereocenters. The van der Waals surface area contributed by atoms with Gasteiger partial charge in [-0.3, -0.25) is 4.98 Å². The molecule has 5 unspecified atom stereocenters. The fourth-order valence-corrected chi connectivity index (χ4v) is 6.02. The molecule has 2 saturated carbocycles. The second kappa shape index (κ2) is 6.09. The number of rotatable bonds is 0. The van der Waals surface area contributed by atoms with E-state index < -0.39 is 0 Å². The van der Waals surface area contributed by atoms with E-state index in [2.05, 4.69) is 11.1 Å². The first-order chi connectivity index (χ1) is 12.7. The predicted molar refractivity (Wildman–Crippen MR) is 101 cm³/mol. The Morgan fingerprint density at radius 2 is 2.04 bits per heavy atom. The molecule has 0 bridgehead atoms. The fourth-order valence-electron chi connectivity index (χ4n) is 6.02. The normalized spacial score (nSPS) is 35.9. The van der Waals surface area contributed by atoms with Crippen molar-refractivity contribution in [3.63, 3.8) is 0 Å². The van der Waals surface area contributed by atoms with Crippen LogP contribution in [0.3, 0.4) is 0 Å². The van der Waals surface area contributed by atoms with Crippen molar-refractivity contribution in [1.82, 2.24) is 4.98 Å². The molecular formula is C23H27NO2. The first-order valence-corrected chi connectivity index (χ1v) is 10.0. The van der Waals surface area contributed by atoms with Crippen LogP contribution in [0, 0.1) is 18.8 Å². The SMILES string of the molecule is Cc1ccccn1.Oc1ccc2c(c1)CCC1C2CCC23OC2CCC13. The number of benzene rings is 1. The van der Waals surface area contributed by atoms with E-state index in [0.29, 0.717) is 17.5 Å². The van der Waals surface area contributed by atoms with Gasteiger partial charge in [-0.25, -0.2) is 0 Å². The van der Waals surface area contributed by atoms with E-state index in [0.717, 1.165) is 29.9 Å². The van der Waals surface area contributed by atoms with Crippen molar-refractivity contribution in [2.45, 2.75) is 63.1 Å². The number of ether oxygens (including phenoxy) is 1. The zero-order chi connectivity index (χ0) is 17.7. The predicted octanol–water partition coefficient (Wildman–Crippen LogP) is 4.77. The number of pyridine rings is 1. The van der Waals surface area contributed by atoms with E-state index in [4.69, 9.17) is 4.74 Å². The third-order valence-corrected chi connectivity index (χ3v) is 7.18. The molecule has 1 aromatic carbocycles. The molecule has 1 aromatic heterocycles. The van der Waals surface area contributed by atoms with Crippen molar-refractivity contribution in [2.24, 2.45) is 11.8 Å². The number of phenols is 1. The summed E-state index contributed by atoms with van der Waals surface area (Å²) in [6.07, 6.45) is 10.1. The summed E-state index contributed by atoms with van der Waals surface area (Å²) in [7, 11) is 0. The molecule has 1 aliphatic heterocycles. The number of aryl methyl sites for hydroxylation is 2. The third kappa shape index (κ3) is 2.56. The summed E-state index contributed by atoms with van der Waals surface area (Å²) < 4.78 is 6.06. The molecule has 1 saturated heterocycles. The molecule has 3 aliphatic carbocycles. The Balaban J connectivity index is 0.000000183. The largest absolute Gasteiger partial charge is 0.508 e. The number of nitrogens with zero attached hydrogens (tertiary/aromatic N) is 1. The van der Waals surface area contributed by atoms with Gasteiger partial charge in [-0.15, -0.1) is 0 Å². The van der Waals surface area contributed by atoms with Gasteiger partial charge < -0.3 is 9.84 Å². The number of aromatic hydroxyl groups is 1. The second-order valence-corrected chi connectivity index (χ2v) is 8.45. The minimum Gasteiger partial charge on any atom is -0.508 e. The Kier molecular flexibility index (Phi) is 3.82. The van der Waals surface area contributed by atoms with Gasteiger partial charge in [0.25, 0.3) is 0 Å². The van der Waals surface area contributed by atoms with Crippen molar-refractivity contribution >= 4 is 0 Å². The van der Waals surface area contributed by atoms with Crippen LogP contribution in [0.5, 0.6) is 5.75 Å². The molecule has 3 heteroatoms. The van der Waals surface area contributed by atoms with E-state index in [1.54, 1.807) is 6.20 Å². The van der Waals surface area contributed by atoms with Crippen LogP contribution in [-0.2, 0) is 11.2 Å². The van der Waals surface area contributed by atoms with Crippen molar-refractivity contribution in [3.05, 3.63) is 59.4 Å². The molecule has 3 fully saturated rings. The van der Waals surface area contributed by atoms with Crippen molar-refractivity contribution in [3.8, 4) is 5.75 Å². The maximum absolute atomic E-state index is 9.66. The summed E-state index contributed by atoms with van der Waals surface area (Å²) in [5.74, 6) is 2.80. The highest BCUT2D eigenvalue weighted by atomic mass is 16.6. The van der Waals surface area contributed by atoms with E-state index in [1.807, 2.05) is 37.3 Å². The van der Waals surface area contributed by atoms with E-state index >= 15 is 0 Å². The van der Waals surface area contributed by atoms with Crippen LogP contribution in [0.1, 0.15) is 54.8 Å². The Morgan fingerprint density at radius 1 is 1.12 bits per heavy atom. The van der Waals surface area contributed by atoms with Crippen LogP contribution < -0.4 is 0 Å². The highest BCUT2D eigenvalue weighted by Gasteiger charge is 2.68. The van der Waals surface area contributed by atoms with Gasteiger partial charge in [-0.1, -0.05) is 12.1 Å². The number of epoxide rings is 1. The lowest BCUT2D eigenvalue weighted by molar-refractivity contribution is 0.0657. The number of hydrogen-bond acceptors (Lipinski definition) is 3. The Hall–Kier alpha value is -1.87. The zero-order valence-electron chi connectivity index (χ0n) is 15.4. The molecule has 3 nitrogen and oxygen atoms in total. The molecule has 0 amide bonds. The molecule has 6 rings (SSSR count). The monoisotopic (exact) mass is 349 g/mol. The lowest BCUT2D eigenvalue weighted by Gasteiger charge is -2.44. The van der Waals surface area contributed by atoms with Crippen molar-refractivity contribution in [1.29, 1.82) is 0 Å². The van der Waals surface area contributed by atoms with Gasteiger partial charge in [0.2, 0.25) is 0 Å². The van der Waals surface area contributed by atoms with Crippen LogP contribution in [0.2, 0.25) is 0 Å². The molecule has 4 aliphatic rings. The van der Waals surface area contributed by atoms with Crippen molar-refractivity contribution < 1.29 is 9.84 Å². The minimum atomic E-state index is 0.315. The van der Waals surface area contributed by atoms with Crippen LogP contribution >= 0.6 is 0 Å². The minimum absolute atomic E-state index is 0.315. The molecule has 1 spiro atoms. The summed E-state index contributed by atoms with van der Waals surface area (Å²) in [5.41, 5.74) is 4.30. The maximum atomic E-state index is 9.66. The second-order valence-electron chi connectivity index (χ2n) is 8.45. The average molecular weight is 349 g/mol. The highest BCUT2D eigenvalue weighted by Crippen LogP contribution is 2.66. The van der Waals surface area contributed by atoms with Gasteiger partial charge in [0.05, 0.1) is 11.7 Å². The Morgan fingerprint density at radius 3 is 2.77 bits per heavy atom. The lowest BCUT2D eigenvalue weighted by atomic mass is 9.60. The Labute approximate surface area is 155 Å². The van der Waals surface area contributed by atoms with E-state index in [1.165, 1.54) is 43.2 Å². The maximum Gasteiger partial charge on any atom is 0.115 e. The molecule has 2 heterocycles. The summed E-state index contributed by atoms with van der Waals surface area (Å²) in [5, 5.41) is 9.66. The third-order valence-electron chi connectivity index (χ3n) is 7.18. The molecule has 26 heavy (non-hydrogen) atoms. The van der Waals surface area contributed by atoms with Gasteiger partial charge in [-0.05, 0) is 98.6 Å². The average Bonchev–Trinajstić information content (AvgIpc) is 3.23. The van der Waals surface area contributed by atoms with Gasteiger partial charge in [0, 0.05) is 11.9 Å². The first kappa shape index (κ1) is 16.3. The van der Waals surface area contributed by atoms with Crippen LogP contribution in [-0.4, -0.2) is 21.8 Å². The summed E-state index contributed by atoms with van der Waals surface area (Å²) >= 11 is 0. The topological polar surface area (TPSA) is 45.7 Å². The highest BCUT2D eigenvalue weighted by molar-refractivity contribution is 5.40. The van der Waals surface area contributed by atoms with Crippen molar-refractivity contribution in [2.75, 3.05) is 0 Å². The van der Waals surface area contributed by atoms with E-state index in [-0.39, 0.29) is 0 Å². The lowest BCUT2D eigenvalue weighted by Crippen LogP contribution is -2.40. The summed E-state index contributed by atoms with van der Waals surface area (Å²) in [6.45, 7) is 1.97. The molecule has 136 valence electrons. The van der Waals surface area contributed by atoms with Gasteiger partial charge in [-0.2, -0.15) is 0 Å². The number of hydrogen-bond donors (Lipinski definition) is 1. The van der Waals surface area contributed by atoms with Gasteiger partial charge >= 0.3 is 0 Å². The molecular weight excluding hydrogens is 322 g/mol. The van der Waals surface area contributed by atoms with Crippen LogP contribution in [0.25, 0.3) is 0 Å². The number of aromatic nitrogens is 1. The zero-order valence-corrected chi connectivity index (χ0v) is 15.4. The first-order valence-electron chi connectivity index (χ1n) is 10.0. The molecule has 1 N–H and O–H groups in total. The molecule has 2 aromatic rings. The van der Waals surface area contributed by atoms with Crippen LogP contribution in [0.15, 0.2) is 42.6 Å². The van der Waals surface area contributed by atoms with Crippen LogP contribution in [0.4, 0.5) is 0 Å². The smallest absolute Gasteiger partial charge is 0.115 e. The van der Waals surface area contributed by atoms with E-state index in [9.17, 15) is 5.11 Å². The van der Waals surface area contributed by atoms with Gasteiger partial charge in [0.15, 0.2) is 0 Å². The van der Waals surface area contributed by atoms with Gasteiger partial charge in [0.1, 0.15) is 5.75 Å². The summed E-state index contributed by atoms with van der Waals surface area (Å²) in [4.78, 5) is 3.98. The fraction of sp³-hybridized carbons (Fsp3) is 0.522. The number of fused-ring (bicyclic) bond motifs is 4. The summed E-state index contributed by atoms with van der Waals surface area (Å²) in [6, 6.07) is 11.9. The standard InChI is InChI=1S/C17H20O2.C6H7N/c18-11-2-4-12-10(9-11)1-3-14-13(12)7-8-17-15(14)5-6-16(17)19-17;1-6-4-2-3-5-7-6/h2,4,9,13-16,18H,1,3,5-8H2;2-5H,1H3. The Bertz CT molecular complexity index is 805.